The number of nitrogens with zero attached hydrogens (tertiary/aromatic N) is 2. The number of fused-ring (bicyclic) bond motifs is 1. The molecule has 4 nitrogen and oxygen atoms in total. The highest BCUT2D eigenvalue weighted by Gasteiger charge is 2.42. The standard InChI is InChI=1S/C16H19N3O/c1-18-9-12-3-4-14-13(7-12)8-15(20)19(14)11-16(10-17)5-2-6-16/h3-4,7,18H,2,5-6,8-9,11H2,1H3. The average molecular weight is 269 g/mol. The second-order valence-corrected chi connectivity index (χ2v) is 5.90. The summed E-state index contributed by atoms with van der Waals surface area (Å²) in [6, 6.07) is 8.60. The molecule has 1 aromatic carbocycles. The van der Waals surface area contributed by atoms with Crippen molar-refractivity contribution in [3.8, 4) is 6.07 Å². The maximum absolute atomic E-state index is 12.2. The Kier molecular flexibility index (Phi) is 3.23. The molecule has 20 heavy (non-hydrogen) atoms. The third kappa shape index (κ3) is 2.08. The Morgan fingerprint density at radius 2 is 2.25 bits per heavy atom. The molecule has 1 fully saturated rings. The van der Waals surface area contributed by atoms with Gasteiger partial charge in [0.1, 0.15) is 0 Å². The number of hydrogen-bond donors (Lipinski definition) is 1. The highest BCUT2D eigenvalue weighted by Crippen LogP contribution is 2.43. The van der Waals surface area contributed by atoms with Crippen LogP contribution in [-0.4, -0.2) is 19.5 Å². The Labute approximate surface area is 119 Å². The van der Waals surface area contributed by atoms with E-state index in [0.29, 0.717) is 13.0 Å². The van der Waals surface area contributed by atoms with Crippen LogP contribution in [0, 0.1) is 16.7 Å². The van der Waals surface area contributed by atoms with Gasteiger partial charge in [-0.1, -0.05) is 18.6 Å². The van der Waals surface area contributed by atoms with E-state index in [-0.39, 0.29) is 11.3 Å². The monoisotopic (exact) mass is 269 g/mol. The molecule has 1 N–H and O–H groups in total. The van der Waals surface area contributed by atoms with Gasteiger partial charge in [-0.25, -0.2) is 0 Å². The maximum atomic E-state index is 12.2. The minimum absolute atomic E-state index is 0.128. The lowest BCUT2D eigenvalue weighted by Gasteiger charge is -2.38. The second-order valence-electron chi connectivity index (χ2n) is 5.90. The lowest BCUT2D eigenvalue weighted by molar-refractivity contribution is -0.117. The SMILES string of the molecule is CNCc1ccc2c(c1)CC(=O)N2CC1(C#N)CCC1. The number of rotatable bonds is 4. The van der Waals surface area contributed by atoms with Crippen LogP contribution in [0.25, 0.3) is 0 Å². The van der Waals surface area contributed by atoms with Crippen LogP contribution < -0.4 is 10.2 Å². The number of nitriles is 1. The molecule has 1 amide bonds. The zero-order chi connectivity index (χ0) is 14.2. The van der Waals surface area contributed by atoms with Gasteiger partial charge in [0.15, 0.2) is 0 Å². The number of nitrogens with one attached hydrogen (secondary N) is 1. The van der Waals surface area contributed by atoms with E-state index < -0.39 is 0 Å². The van der Waals surface area contributed by atoms with E-state index in [1.807, 2.05) is 18.0 Å². The van der Waals surface area contributed by atoms with Gasteiger partial charge < -0.3 is 10.2 Å². The van der Waals surface area contributed by atoms with Crippen LogP contribution in [0.1, 0.15) is 30.4 Å². The number of hydrogen-bond acceptors (Lipinski definition) is 3. The maximum Gasteiger partial charge on any atom is 0.231 e. The summed E-state index contributed by atoms with van der Waals surface area (Å²) in [5.41, 5.74) is 2.98. The van der Waals surface area contributed by atoms with Gasteiger partial charge in [-0.2, -0.15) is 5.26 Å². The highest BCUT2D eigenvalue weighted by molar-refractivity contribution is 6.01. The van der Waals surface area contributed by atoms with Gasteiger partial charge in [-0.05, 0) is 37.1 Å². The lowest BCUT2D eigenvalue weighted by Crippen LogP contribution is -2.42. The minimum atomic E-state index is -0.305. The summed E-state index contributed by atoms with van der Waals surface area (Å²) in [4.78, 5) is 14.1. The van der Waals surface area contributed by atoms with Crippen molar-refractivity contribution in [2.24, 2.45) is 5.41 Å². The van der Waals surface area contributed by atoms with Gasteiger partial charge >= 0.3 is 0 Å². The van der Waals surface area contributed by atoms with E-state index >= 15 is 0 Å². The third-order valence-electron chi connectivity index (χ3n) is 4.47. The van der Waals surface area contributed by atoms with Gasteiger partial charge in [0.05, 0.1) is 17.9 Å². The third-order valence-corrected chi connectivity index (χ3v) is 4.47. The van der Waals surface area contributed by atoms with Gasteiger partial charge in [0.2, 0.25) is 5.91 Å². The molecule has 0 unspecified atom stereocenters. The van der Waals surface area contributed by atoms with E-state index in [0.717, 1.165) is 37.1 Å². The van der Waals surface area contributed by atoms with Crippen molar-refractivity contribution in [2.45, 2.75) is 32.2 Å². The molecule has 3 rings (SSSR count). The largest absolute Gasteiger partial charge is 0.316 e. The molecular weight excluding hydrogens is 250 g/mol. The number of benzene rings is 1. The zero-order valence-electron chi connectivity index (χ0n) is 11.8. The molecule has 0 radical (unpaired) electrons. The Balaban J connectivity index is 1.85. The second kappa shape index (κ2) is 4.92. The van der Waals surface area contributed by atoms with Crippen molar-refractivity contribution in [1.82, 2.24) is 5.32 Å². The fourth-order valence-corrected chi connectivity index (χ4v) is 3.14. The normalized spacial score (nSPS) is 19.4. The molecule has 1 aromatic rings. The van der Waals surface area contributed by atoms with E-state index in [1.165, 1.54) is 5.56 Å². The van der Waals surface area contributed by atoms with E-state index in [2.05, 4.69) is 23.5 Å². The minimum Gasteiger partial charge on any atom is -0.316 e. The molecule has 4 heteroatoms. The fourth-order valence-electron chi connectivity index (χ4n) is 3.14. The predicted octanol–water partition coefficient (Wildman–Crippen LogP) is 1.99. The van der Waals surface area contributed by atoms with Crippen LogP contribution >= 0.6 is 0 Å². The molecule has 1 aliphatic heterocycles. The van der Waals surface area contributed by atoms with Gasteiger partial charge in [0.25, 0.3) is 0 Å². The number of amides is 1. The van der Waals surface area contributed by atoms with Crippen LogP contribution in [0.3, 0.4) is 0 Å². The number of carbonyl (C=O) groups is 1. The molecular formula is C16H19N3O. The molecule has 0 spiro atoms. The molecule has 0 bridgehead atoms. The smallest absolute Gasteiger partial charge is 0.231 e. The van der Waals surface area contributed by atoms with Crippen LogP contribution in [-0.2, 0) is 17.8 Å². The van der Waals surface area contributed by atoms with Crippen LogP contribution in [0.4, 0.5) is 5.69 Å². The topological polar surface area (TPSA) is 56.1 Å². The Morgan fingerprint density at radius 1 is 1.45 bits per heavy atom. The van der Waals surface area contributed by atoms with Crippen molar-refractivity contribution < 1.29 is 4.79 Å². The number of anilines is 1. The molecule has 1 aliphatic carbocycles. The molecule has 0 saturated heterocycles. The summed E-state index contributed by atoms with van der Waals surface area (Å²) in [5.74, 6) is 0.128. The molecule has 104 valence electrons. The number of carbonyl (C=O) groups excluding carboxylic acids is 1. The highest BCUT2D eigenvalue weighted by atomic mass is 16.2. The average Bonchev–Trinajstić information content (AvgIpc) is 2.69. The molecule has 2 aliphatic rings. The summed E-state index contributed by atoms with van der Waals surface area (Å²) < 4.78 is 0. The van der Waals surface area contributed by atoms with E-state index in [1.54, 1.807) is 0 Å². The first-order valence-corrected chi connectivity index (χ1v) is 7.15. The first-order chi connectivity index (χ1) is 9.67. The lowest BCUT2D eigenvalue weighted by atomic mass is 9.69. The van der Waals surface area contributed by atoms with E-state index in [9.17, 15) is 10.1 Å². The summed E-state index contributed by atoms with van der Waals surface area (Å²) in [6.45, 7) is 1.37. The van der Waals surface area contributed by atoms with Crippen LogP contribution in [0.5, 0.6) is 0 Å². The van der Waals surface area contributed by atoms with Crippen molar-refractivity contribution in [1.29, 1.82) is 5.26 Å². The Hall–Kier alpha value is -1.86. The van der Waals surface area contributed by atoms with Crippen LogP contribution in [0.15, 0.2) is 18.2 Å². The van der Waals surface area contributed by atoms with Gasteiger partial charge in [-0.3, -0.25) is 4.79 Å². The predicted molar refractivity (Wildman–Crippen MR) is 77.2 cm³/mol. The Bertz CT molecular complexity index is 584. The van der Waals surface area contributed by atoms with Gasteiger partial charge in [0, 0.05) is 18.8 Å². The van der Waals surface area contributed by atoms with E-state index in [4.69, 9.17) is 0 Å². The first-order valence-electron chi connectivity index (χ1n) is 7.15. The molecule has 1 heterocycles. The summed E-state index contributed by atoms with van der Waals surface area (Å²) in [6.07, 6.45) is 3.40. The zero-order valence-corrected chi connectivity index (χ0v) is 11.8. The molecule has 0 aromatic heterocycles. The summed E-state index contributed by atoms with van der Waals surface area (Å²) >= 11 is 0. The van der Waals surface area contributed by atoms with Crippen molar-refractivity contribution in [3.63, 3.8) is 0 Å². The summed E-state index contributed by atoms with van der Waals surface area (Å²) in [5, 5.41) is 12.5. The first kappa shape index (κ1) is 13.1. The molecule has 1 saturated carbocycles. The fraction of sp³-hybridized carbons (Fsp3) is 0.500. The summed E-state index contributed by atoms with van der Waals surface area (Å²) in [7, 11) is 1.91. The Morgan fingerprint density at radius 3 is 2.85 bits per heavy atom. The van der Waals surface area contributed by atoms with Gasteiger partial charge in [-0.15, -0.1) is 0 Å². The van der Waals surface area contributed by atoms with Crippen LogP contribution in [0.2, 0.25) is 0 Å². The van der Waals surface area contributed by atoms with Crippen molar-refractivity contribution in [2.75, 3.05) is 18.5 Å². The molecule has 0 atom stereocenters. The quantitative estimate of drug-likeness (QED) is 0.909. The van der Waals surface area contributed by atoms with Crippen molar-refractivity contribution in [3.05, 3.63) is 29.3 Å². The van der Waals surface area contributed by atoms with Crippen molar-refractivity contribution >= 4 is 11.6 Å².